The van der Waals surface area contributed by atoms with E-state index >= 15 is 0 Å². The fourth-order valence-electron chi connectivity index (χ4n) is 2.42. The van der Waals surface area contributed by atoms with Crippen LogP contribution in [0.2, 0.25) is 0 Å². The predicted molar refractivity (Wildman–Crippen MR) is 71.0 cm³/mol. The minimum atomic E-state index is -0.214. The highest BCUT2D eigenvalue weighted by Gasteiger charge is 2.28. The molecule has 18 heavy (non-hydrogen) atoms. The molecule has 1 aromatic rings. The van der Waals surface area contributed by atoms with Crippen molar-refractivity contribution < 1.29 is 4.79 Å². The molecule has 1 aromatic heterocycles. The van der Waals surface area contributed by atoms with E-state index in [1.807, 2.05) is 19.1 Å². The number of rotatable bonds is 5. The van der Waals surface area contributed by atoms with Crippen molar-refractivity contribution in [2.24, 2.45) is 5.73 Å². The number of nitrogens with two attached hydrogens (primary N) is 1. The second-order valence-corrected chi connectivity index (χ2v) is 4.61. The lowest BCUT2D eigenvalue weighted by molar-refractivity contribution is -0.122. The Balaban J connectivity index is 2.04. The van der Waals surface area contributed by atoms with E-state index in [1.54, 1.807) is 6.20 Å². The Kier molecular flexibility index (Phi) is 4.15. The van der Waals surface area contributed by atoms with E-state index in [2.05, 4.69) is 15.2 Å². The summed E-state index contributed by atoms with van der Waals surface area (Å²) in [5.74, 6) is 0.665. The number of carbonyl (C=O) groups excluding carboxylic acids is 1. The number of anilines is 1. The highest BCUT2D eigenvalue weighted by atomic mass is 16.1. The maximum atomic E-state index is 11.3. The zero-order valence-electron chi connectivity index (χ0n) is 10.7. The molecule has 2 rings (SSSR count). The molecule has 0 bridgehead atoms. The molecule has 1 aliphatic heterocycles. The van der Waals surface area contributed by atoms with E-state index in [9.17, 15) is 4.79 Å². The Bertz CT molecular complexity index is 421. The standard InChI is InChI=1S/C13H20N4O/c1-2-15-12-8-10(5-6-16-12)9-17-7-3-4-11(17)13(14)18/h5-6,8,11H,2-4,7,9H2,1H3,(H2,14,18)(H,15,16). The molecule has 1 aliphatic rings. The van der Waals surface area contributed by atoms with Crippen LogP contribution in [-0.4, -0.2) is 34.9 Å². The minimum Gasteiger partial charge on any atom is -0.370 e. The molecule has 3 N–H and O–H groups in total. The fraction of sp³-hybridized carbons (Fsp3) is 0.538. The third-order valence-electron chi connectivity index (χ3n) is 3.26. The first-order valence-electron chi connectivity index (χ1n) is 6.43. The molecule has 0 aliphatic carbocycles. The average molecular weight is 248 g/mol. The molecular weight excluding hydrogens is 228 g/mol. The zero-order chi connectivity index (χ0) is 13.0. The van der Waals surface area contributed by atoms with Crippen molar-refractivity contribution in [3.8, 4) is 0 Å². The number of amides is 1. The first kappa shape index (κ1) is 12.8. The molecule has 2 heterocycles. The van der Waals surface area contributed by atoms with E-state index < -0.39 is 0 Å². The number of aromatic nitrogens is 1. The smallest absolute Gasteiger partial charge is 0.234 e. The summed E-state index contributed by atoms with van der Waals surface area (Å²) in [6.45, 7) is 4.59. The van der Waals surface area contributed by atoms with Gasteiger partial charge < -0.3 is 11.1 Å². The van der Waals surface area contributed by atoms with Crippen LogP contribution in [0.15, 0.2) is 18.3 Å². The summed E-state index contributed by atoms with van der Waals surface area (Å²) >= 11 is 0. The van der Waals surface area contributed by atoms with Crippen LogP contribution in [0.5, 0.6) is 0 Å². The van der Waals surface area contributed by atoms with Gasteiger partial charge in [-0.2, -0.15) is 0 Å². The lowest BCUT2D eigenvalue weighted by atomic mass is 10.2. The van der Waals surface area contributed by atoms with Gasteiger partial charge in [0.2, 0.25) is 5.91 Å². The minimum absolute atomic E-state index is 0.110. The summed E-state index contributed by atoms with van der Waals surface area (Å²) in [7, 11) is 0. The maximum absolute atomic E-state index is 11.3. The SMILES string of the molecule is CCNc1cc(CN2CCCC2C(N)=O)ccn1. The molecule has 5 nitrogen and oxygen atoms in total. The highest BCUT2D eigenvalue weighted by molar-refractivity contribution is 5.80. The van der Waals surface area contributed by atoms with Crippen molar-refractivity contribution in [1.29, 1.82) is 0 Å². The quantitative estimate of drug-likeness (QED) is 0.814. The first-order chi connectivity index (χ1) is 8.70. The third kappa shape index (κ3) is 2.98. The summed E-state index contributed by atoms with van der Waals surface area (Å²) in [4.78, 5) is 17.7. The van der Waals surface area contributed by atoms with Crippen molar-refractivity contribution in [2.45, 2.75) is 32.4 Å². The number of nitrogens with one attached hydrogen (secondary N) is 1. The molecule has 98 valence electrons. The van der Waals surface area contributed by atoms with Gasteiger partial charge in [-0.05, 0) is 44.0 Å². The van der Waals surface area contributed by atoms with Gasteiger partial charge in [0.15, 0.2) is 0 Å². The highest BCUT2D eigenvalue weighted by Crippen LogP contribution is 2.20. The summed E-state index contributed by atoms with van der Waals surface area (Å²) in [6, 6.07) is 3.90. The van der Waals surface area contributed by atoms with Gasteiger partial charge in [0, 0.05) is 19.3 Å². The summed E-state index contributed by atoms with van der Waals surface area (Å²) in [5.41, 5.74) is 6.58. The first-order valence-corrected chi connectivity index (χ1v) is 6.43. The van der Waals surface area contributed by atoms with Crippen LogP contribution in [0, 0.1) is 0 Å². The van der Waals surface area contributed by atoms with Gasteiger partial charge in [-0.25, -0.2) is 4.98 Å². The number of hydrogen-bond acceptors (Lipinski definition) is 4. The summed E-state index contributed by atoms with van der Waals surface area (Å²) < 4.78 is 0. The summed E-state index contributed by atoms with van der Waals surface area (Å²) in [5, 5.41) is 3.19. The molecule has 1 amide bonds. The van der Waals surface area contributed by atoms with Gasteiger partial charge in [-0.1, -0.05) is 0 Å². The second-order valence-electron chi connectivity index (χ2n) is 4.61. The van der Waals surface area contributed by atoms with E-state index in [1.165, 1.54) is 0 Å². The van der Waals surface area contributed by atoms with E-state index in [0.29, 0.717) is 0 Å². The van der Waals surface area contributed by atoms with Crippen LogP contribution in [0.4, 0.5) is 5.82 Å². The molecule has 0 spiro atoms. The van der Waals surface area contributed by atoms with Crippen molar-refractivity contribution in [3.05, 3.63) is 23.9 Å². The average Bonchev–Trinajstić information content (AvgIpc) is 2.78. The van der Waals surface area contributed by atoms with Gasteiger partial charge >= 0.3 is 0 Å². The topological polar surface area (TPSA) is 71.2 Å². The monoisotopic (exact) mass is 248 g/mol. The number of carbonyl (C=O) groups is 1. The van der Waals surface area contributed by atoms with Crippen LogP contribution in [0.1, 0.15) is 25.3 Å². The van der Waals surface area contributed by atoms with Crippen LogP contribution in [0.3, 0.4) is 0 Å². The normalized spacial score (nSPS) is 19.9. The number of pyridine rings is 1. The van der Waals surface area contributed by atoms with Crippen molar-refractivity contribution in [2.75, 3.05) is 18.4 Å². The van der Waals surface area contributed by atoms with Gasteiger partial charge in [0.05, 0.1) is 6.04 Å². The molecule has 1 fully saturated rings. The lowest BCUT2D eigenvalue weighted by Gasteiger charge is -2.21. The number of likely N-dealkylation sites (tertiary alicyclic amines) is 1. The number of hydrogen-bond donors (Lipinski definition) is 2. The van der Waals surface area contributed by atoms with Crippen LogP contribution in [0.25, 0.3) is 0 Å². The summed E-state index contributed by atoms with van der Waals surface area (Å²) in [6.07, 6.45) is 3.71. The predicted octanol–water partition coefficient (Wildman–Crippen LogP) is 0.963. The third-order valence-corrected chi connectivity index (χ3v) is 3.26. The van der Waals surface area contributed by atoms with Gasteiger partial charge in [-0.15, -0.1) is 0 Å². The molecular formula is C13H20N4O. The fourth-order valence-corrected chi connectivity index (χ4v) is 2.42. The Morgan fingerprint density at radius 3 is 3.22 bits per heavy atom. The van der Waals surface area contributed by atoms with Crippen LogP contribution in [-0.2, 0) is 11.3 Å². The van der Waals surface area contributed by atoms with Crippen molar-refractivity contribution in [3.63, 3.8) is 0 Å². The molecule has 0 aromatic carbocycles. The Labute approximate surface area is 107 Å². The Hall–Kier alpha value is -1.62. The molecule has 1 unspecified atom stereocenters. The molecule has 0 saturated carbocycles. The maximum Gasteiger partial charge on any atom is 0.234 e. The van der Waals surface area contributed by atoms with Crippen LogP contribution < -0.4 is 11.1 Å². The van der Waals surface area contributed by atoms with Crippen molar-refractivity contribution >= 4 is 11.7 Å². The van der Waals surface area contributed by atoms with E-state index in [0.717, 1.165) is 43.9 Å². The Morgan fingerprint density at radius 1 is 1.67 bits per heavy atom. The van der Waals surface area contributed by atoms with E-state index in [4.69, 9.17) is 5.73 Å². The molecule has 5 heteroatoms. The Morgan fingerprint density at radius 2 is 2.50 bits per heavy atom. The lowest BCUT2D eigenvalue weighted by Crippen LogP contribution is -2.39. The molecule has 1 saturated heterocycles. The second kappa shape index (κ2) is 5.82. The van der Waals surface area contributed by atoms with E-state index in [-0.39, 0.29) is 11.9 Å². The van der Waals surface area contributed by atoms with Gasteiger partial charge in [-0.3, -0.25) is 9.69 Å². The zero-order valence-corrected chi connectivity index (χ0v) is 10.7. The largest absolute Gasteiger partial charge is 0.370 e. The molecule has 1 atom stereocenters. The van der Waals surface area contributed by atoms with Crippen LogP contribution >= 0.6 is 0 Å². The molecule has 0 radical (unpaired) electrons. The van der Waals surface area contributed by atoms with Gasteiger partial charge in [0.1, 0.15) is 5.82 Å². The number of nitrogens with zero attached hydrogens (tertiary/aromatic N) is 2. The number of primary amides is 1. The van der Waals surface area contributed by atoms with Gasteiger partial charge in [0.25, 0.3) is 0 Å². The van der Waals surface area contributed by atoms with Crippen molar-refractivity contribution in [1.82, 2.24) is 9.88 Å².